The van der Waals surface area contributed by atoms with Gasteiger partial charge in [-0.1, -0.05) is 18.2 Å². The zero-order valence-corrected chi connectivity index (χ0v) is 12.6. The molecule has 0 aromatic heterocycles. The summed E-state index contributed by atoms with van der Waals surface area (Å²) in [5, 5.41) is 3.52. The first-order valence-electron chi connectivity index (χ1n) is 8.04. The number of likely N-dealkylation sites (tertiary alicyclic amines) is 2. The number of hydrogen-bond acceptors (Lipinski definition) is 3. The first-order chi connectivity index (χ1) is 9.83. The summed E-state index contributed by atoms with van der Waals surface area (Å²) in [5.41, 5.74) is 1.24. The second-order valence-electron chi connectivity index (χ2n) is 6.33. The average Bonchev–Trinajstić information content (AvgIpc) is 2.48. The summed E-state index contributed by atoms with van der Waals surface area (Å²) in [6.45, 7) is 6.09. The van der Waals surface area contributed by atoms with Crippen LogP contribution < -0.4 is 5.32 Å². The number of piperidine rings is 2. The van der Waals surface area contributed by atoms with Gasteiger partial charge in [-0.2, -0.15) is 0 Å². The van der Waals surface area contributed by atoms with E-state index in [1.165, 1.54) is 51.1 Å². The lowest BCUT2D eigenvalue weighted by atomic mass is 9.84. The lowest BCUT2D eigenvalue weighted by Gasteiger charge is -2.46. The maximum atomic E-state index is 3.52. The fourth-order valence-electron chi connectivity index (χ4n) is 3.85. The lowest BCUT2D eigenvalue weighted by molar-refractivity contribution is 0.0403. The molecule has 3 heteroatoms. The monoisotopic (exact) mass is 273 g/mol. The van der Waals surface area contributed by atoms with Crippen molar-refractivity contribution in [3.63, 3.8) is 0 Å². The number of nitrogens with zero attached hydrogens (tertiary/aromatic N) is 2. The van der Waals surface area contributed by atoms with Gasteiger partial charge in [0, 0.05) is 31.4 Å². The molecule has 0 spiro atoms. The molecule has 0 aliphatic carbocycles. The molecule has 110 valence electrons. The molecule has 1 aromatic rings. The molecule has 2 saturated heterocycles. The van der Waals surface area contributed by atoms with E-state index in [1.807, 2.05) is 0 Å². The lowest BCUT2D eigenvalue weighted by Crippen LogP contribution is -2.53. The van der Waals surface area contributed by atoms with Crippen LogP contribution in [0.1, 0.15) is 19.3 Å². The number of fused-ring (bicyclic) bond motifs is 1. The first kappa shape index (κ1) is 13.9. The van der Waals surface area contributed by atoms with Crippen LogP contribution in [0, 0.1) is 5.92 Å². The fourth-order valence-corrected chi connectivity index (χ4v) is 3.85. The molecular formula is C17H27N3. The third-order valence-electron chi connectivity index (χ3n) is 4.96. The Morgan fingerprint density at radius 3 is 2.85 bits per heavy atom. The number of anilines is 1. The molecule has 2 heterocycles. The molecule has 0 saturated carbocycles. The maximum absolute atomic E-state index is 3.52. The molecule has 1 N–H and O–H groups in total. The van der Waals surface area contributed by atoms with Gasteiger partial charge in [0.2, 0.25) is 0 Å². The van der Waals surface area contributed by atoms with Crippen LogP contribution in [0.5, 0.6) is 0 Å². The Morgan fingerprint density at radius 2 is 2.00 bits per heavy atom. The Bertz CT molecular complexity index is 406. The van der Waals surface area contributed by atoms with Crippen molar-refractivity contribution in [1.82, 2.24) is 9.80 Å². The van der Waals surface area contributed by atoms with E-state index >= 15 is 0 Å². The van der Waals surface area contributed by atoms with Gasteiger partial charge in [0.1, 0.15) is 0 Å². The van der Waals surface area contributed by atoms with Crippen LogP contribution >= 0.6 is 0 Å². The van der Waals surface area contributed by atoms with Gasteiger partial charge < -0.3 is 15.1 Å². The molecule has 2 unspecified atom stereocenters. The van der Waals surface area contributed by atoms with Crippen molar-refractivity contribution in [2.45, 2.75) is 25.3 Å². The molecule has 2 atom stereocenters. The number of rotatable bonds is 4. The zero-order valence-electron chi connectivity index (χ0n) is 12.6. The number of hydrogen-bond donors (Lipinski definition) is 1. The summed E-state index contributed by atoms with van der Waals surface area (Å²) in [6.07, 6.45) is 4.16. The van der Waals surface area contributed by atoms with Crippen molar-refractivity contribution in [1.29, 1.82) is 0 Å². The van der Waals surface area contributed by atoms with Gasteiger partial charge in [0.15, 0.2) is 0 Å². The molecule has 0 radical (unpaired) electrons. The normalized spacial score (nSPS) is 28.1. The van der Waals surface area contributed by atoms with E-state index in [9.17, 15) is 0 Å². The quantitative estimate of drug-likeness (QED) is 0.909. The van der Waals surface area contributed by atoms with Gasteiger partial charge in [0.25, 0.3) is 0 Å². The van der Waals surface area contributed by atoms with Crippen molar-refractivity contribution in [2.75, 3.05) is 45.1 Å². The molecule has 0 amide bonds. The SMILES string of the molecule is CN1CCCC2CN(CCNc3ccccc3)CCC21. The highest BCUT2D eigenvalue weighted by atomic mass is 15.2. The van der Waals surface area contributed by atoms with Gasteiger partial charge in [-0.25, -0.2) is 0 Å². The minimum atomic E-state index is 0.849. The fraction of sp³-hybridized carbons (Fsp3) is 0.647. The van der Waals surface area contributed by atoms with E-state index in [1.54, 1.807) is 0 Å². The molecule has 1 aromatic carbocycles. The van der Waals surface area contributed by atoms with Crippen LogP contribution in [-0.4, -0.2) is 55.6 Å². The van der Waals surface area contributed by atoms with Crippen molar-refractivity contribution >= 4 is 5.69 Å². The zero-order chi connectivity index (χ0) is 13.8. The molecule has 2 aliphatic rings. The molecule has 2 fully saturated rings. The first-order valence-corrected chi connectivity index (χ1v) is 8.04. The Hall–Kier alpha value is -1.06. The van der Waals surface area contributed by atoms with Crippen molar-refractivity contribution in [3.8, 4) is 0 Å². The average molecular weight is 273 g/mol. The smallest absolute Gasteiger partial charge is 0.0340 e. The van der Waals surface area contributed by atoms with Gasteiger partial charge in [-0.3, -0.25) is 0 Å². The Kier molecular flexibility index (Phi) is 4.58. The highest BCUT2D eigenvalue weighted by Crippen LogP contribution is 2.29. The predicted molar refractivity (Wildman–Crippen MR) is 85.1 cm³/mol. The standard InChI is InChI=1S/C17H27N3/c1-19-11-5-6-15-14-20(12-9-17(15)19)13-10-18-16-7-3-2-4-8-16/h2-4,7-8,15,17-18H,5-6,9-14H2,1H3. The van der Waals surface area contributed by atoms with Crippen molar-refractivity contribution < 1.29 is 0 Å². The van der Waals surface area contributed by atoms with E-state index in [-0.39, 0.29) is 0 Å². The largest absolute Gasteiger partial charge is 0.384 e. The maximum Gasteiger partial charge on any atom is 0.0340 e. The van der Waals surface area contributed by atoms with E-state index in [0.717, 1.165) is 18.5 Å². The van der Waals surface area contributed by atoms with Crippen LogP contribution in [0.4, 0.5) is 5.69 Å². The predicted octanol–water partition coefficient (Wildman–Crippen LogP) is 2.51. The van der Waals surface area contributed by atoms with Crippen molar-refractivity contribution in [2.24, 2.45) is 5.92 Å². The van der Waals surface area contributed by atoms with Crippen LogP contribution in [-0.2, 0) is 0 Å². The summed E-state index contributed by atoms with van der Waals surface area (Å²) in [7, 11) is 2.31. The minimum Gasteiger partial charge on any atom is -0.384 e. The summed E-state index contributed by atoms with van der Waals surface area (Å²) in [4.78, 5) is 5.24. The van der Waals surface area contributed by atoms with E-state index in [0.29, 0.717) is 0 Å². The topological polar surface area (TPSA) is 18.5 Å². The van der Waals surface area contributed by atoms with Crippen LogP contribution in [0.15, 0.2) is 30.3 Å². The molecule has 3 rings (SSSR count). The van der Waals surface area contributed by atoms with E-state index < -0.39 is 0 Å². The Balaban J connectivity index is 1.43. The van der Waals surface area contributed by atoms with Crippen LogP contribution in [0.3, 0.4) is 0 Å². The third-order valence-corrected chi connectivity index (χ3v) is 4.96. The molecule has 20 heavy (non-hydrogen) atoms. The summed E-state index contributed by atoms with van der Waals surface area (Å²) < 4.78 is 0. The second-order valence-corrected chi connectivity index (χ2v) is 6.33. The van der Waals surface area contributed by atoms with Crippen LogP contribution in [0.2, 0.25) is 0 Å². The number of para-hydroxylation sites is 1. The summed E-state index contributed by atoms with van der Waals surface area (Å²) in [5.74, 6) is 0.902. The van der Waals surface area contributed by atoms with Gasteiger partial charge in [0.05, 0.1) is 0 Å². The van der Waals surface area contributed by atoms with Gasteiger partial charge in [-0.05, 0) is 57.5 Å². The highest BCUT2D eigenvalue weighted by Gasteiger charge is 2.33. The number of nitrogens with one attached hydrogen (secondary N) is 1. The van der Waals surface area contributed by atoms with E-state index in [4.69, 9.17) is 0 Å². The minimum absolute atomic E-state index is 0.849. The van der Waals surface area contributed by atoms with Gasteiger partial charge >= 0.3 is 0 Å². The Morgan fingerprint density at radius 1 is 1.15 bits per heavy atom. The molecular weight excluding hydrogens is 246 g/mol. The molecule has 2 aliphatic heterocycles. The second kappa shape index (κ2) is 6.59. The van der Waals surface area contributed by atoms with E-state index in [2.05, 4.69) is 52.5 Å². The highest BCUT2D eigenvalue weighted by molar-refractivity contribution is 5.42. The Labute approximate surface area is 123 Å². The van der Waals surface area contributed by atoms with Crippen LogP contribution in [0.25, 0.3) is 0 Å². The third kappa shape index (κ3) is 3.33. The van der Waals surface area contributed by atoms with Gasteiger partial charge in [-0.15, -0.1) is 0 Å². The molecule has 0 bridgehead atoms. The van der Waals surface area contributed by atoms with Crippen molar-refractivity contribution in [3.05, 3.63) is 30.3 Å². The summed E-state index contributed by atoms with van der Waals surface area (Å²) >= 11 is 0. The molecule has 3 nitrogen and oxygen atoms in total. The number of benzene rings is 1. The summed E-state index contributed by atoms with van der Waals surface area (Å²) in [6, 6.07) is 11.4.